The number of hydrogen-bond acceptors (Lipinski definition) is 9. The summed E-state index contributed by atoms with van der Waals surface area (Å²) in [5.41, 5.74) is 1.60. The summed E-state index contributed by atoms with van der Waals surface area (Å²) in [6.07, 6.45) is 1.58. The molecule has 0 aliphatic carbocycles. The van der Waals surface area contributed by atoms with E-state index >= 15 is 0 Å². The smallest absolute Gasteiger partial charge is 0.351 e. The molecule has 192 valence electrons. The van der Waals surface area contributed by atoms with Gasteiger partial charge in [-0.25, -0.2) is 4.79 Å². The number of hydrogen-bond donors (Lipinski definition) is 0. The first-order chi connectivity index (χ1) is 17.9. The van der Waals surface area contributed by atoms with Crippen molar-refractivity contribution in [3.63, 3.8) is 0 Å². The topological polar surface area (TPSA) is 98.8 Å². The van der Waals surface area contributed by atoms with Crippen molar-refractivity contribution < 1.29 is 42.7 Å². The Morgan fingerprint density at radius 1 is 0.784 bits per heavy atom. The monoisotopic (exact) mass is 506 g/mol. The van der Waals surface area contributed by atoms with Crippen LogP contribution < -0.4 is 33.2 Å². The summed E-state index contributed by atoms with van der Waals surface area (Å²) in [6, 6.07) is 11.5. The molecule has 0 spiro atoms. The average Bonchev–Trinajstić information content (AvgIpc) is 3.24. The van der Waals surface area contributed by atoms with Crippen LogP contribution in [0, 0.1) is 6.92 Å². The van der Waals surface area contributed by atoms with Gasteiger partial charge in [-0.2, -0.15) is 0 Å². The van der Waals surface area contributed by atoms with Crippen LogP contribution in [0.15, 0.2) is 48.2 Å². The summed E-state index contributed by atoms with van der Waals surface area (Å²) in [7, 11) is 7.43. The number of benzene rings is 3. The van der Waals surface area contributed by atoms with Gasteiger partial charge in [-0.05, 0) is 55.0 Å². The van der Waals surface area contributed by atoms with Crippen LogP contribution in [0.2, 0.25) is 0 Å². The third-order valence-corrected chi connectivity index (χ3v) is 5.86. The van der Waals surface area contributed by atoms with E-state index in [-0.39, 0.29) is 22.9 Å². The number of fused-ring (bicyclic) bond motifs is 1. The maximum Gasteiger partial charge on any atom is 0.351 e. The minimum Gasteiger partial charge on any atom is -0.496 e. The normalized spacial score (nSPS) is 13.0. The Hall–Kier alpha value is -4.66. The lowest BCUT2D eigenvalue weighted by molar-refractivity contribution is 0.0726. The Bertz CT molecular complexity index is 1360. The van der Waals surface area contributed by atoms with Gasteiger partial charge in [-0.3, -0.25) is 4.79 Å². The van der Waals surface area contributed by atoms with Gasteiger partial charge in [-0.1, -0.05) is 6.07 Å². The van der Waals surface area contributed by atoms with Crippen LogP contribution >= 0.6 is 0 Å². The van der Waals surface area contributed by atoms with E-state index in [9.17, 15) is 9.59 Å². The van der Waals surface area contributed by atoms with Gasteiger partial charge >= 0.3 is 5.97 Å². The van der Waals surface area contributed by atoms with Gasteiger partial charge in [0.1, 0.15) is 28.6 Å². The molecule has 0 unspecified atom stereocenters. The summed E-state index contributed by atoms with van der Waals surface area (Å²) >= 11 is 0. The largest absolute Gasteiger partial charge is 0.496 e. The molecular formula is C28H26O9. The van der Waals surface area contributed by atoms with Crippen molar-refractivity contribution in [2.45, 2.75) is 6.92 Å². The molecule has 3 aromatic carbocycles. The van der Waals surface area contributed by atoms with Crippen LogP contribution in [0.3, 0.4) is 0 Å². The molecule has 3 aromatic rings. The summed E-state index contributed by atoms with van der Waals surface area (Å²) < 4.78 is 38.3. The van der Waals surface area contributed by atoms with E-state index < -0.39 is 5.97 Å². The zero-order chi connectivity index (χ0) is 26.7. The maximum absolute atomic E-state index is 13.1. The molecule has 0 aromatic heterocycles. The molecule has 0 fully saturated rings. The quantitative estimate of drug-likeness (QED) is 0.241. The highest BCUT2D eigenvalue weighted by molar-refractivity contribution is 6.15. The number of ketones is 1. The molecule has 9 nitrogen and oxygen atoms in total. The molecular weight excluding hydrogens is 480 g/mol. The minimum absolute atomic E-state index is 0.0993. The summed E-state index contributed by atoms with van der Waals surface area (Å²) in [6.45, 7) is 1.70. The number of carbonyl (C=O) groups is 2. The fourth-order valence-electron chi connectivity index (χ4n) is 4.02. The number of esters is 1. The van der Waals surface area contributed by atoms with Crippen LogP contribution in [0.1, 0.15) is 31.8 Å². The second-order valence-corrected chi connectivity index (χ2v) is 7.89. The summed E-state index contributed by atoms with van der Waals surface area (Å²) in [5.74, 6) is 1.59. The number of Topliss-reactive ketones (excluding diaryl/α,β-unsaturated/α-hetero) is 1. The third-order valence-electron chi connectivity index (χ3n) is 5.86. The van der Waals surface area contributed by atoms with Crippen molar-refractivity contribution in [3.8, 4) is 40.2 Å². The lowest BCUT2D eigenvalue weighted by Crippen LogP contribution is -2.12. The lowest BCUT2D eigenvalue weighted by Gasteiger charge is -2.14. The molecule has 1 heterocycles. The van der Waals surface area contributed by atoms with Crippen LogP contribution in [0.4, 0.5) is 0 Å². The first-order valence-corrected chi connectivity index (χ1v) is 11.2. The molecule has 0 atom stereocenters. The van der Waals surface area contributed by atoms with Crippen LogP contribution in [-0.2, 0) is 0 Å². The Morgan fingerprint density at radius 2 is 1.38 bits per heavy atom. The average molecular weight is 507 g/mol. The second-order valence-electron chi connectivity index (χ2n) is 7.89. The van der Waals surface area contributed by atoms with Crippen molar-refractivity contribution in [3.05, 3.63) is 70.5 Å². The fraction of sp³-hybridized carbons (Fsp3) is 0.214. The molecule has 0 saturated heterocycles. The zero-order valence-electron chi connectivity index (χ0n) is 21.3. The lowest BCUT2D eigenvalue weighted by atomic mass is 10.1. The third kappa shape index (κ3) is 4.63. The van der Waals surface area contributed by atoms with E-state index in [0.29, 0.717) is 51.2 Å². The number of methoxy groups -OCH3 is 5. The number of ether oxygens (including phenoxy) is 7. The standard InChI is InChI=1S/C28H26O9/c1-15-18(37-28(30)24-19(31-2)8-7-9-20(24)32-3)11-10-17-25(29)21(36-26(15)17)12-16-13-22(33-4)27(35-6)23(14-16)34-5/h7-14H,1-6H3/b21-12-. The van der Waals surface area contributed by atoms with Gasteiger partial charge in [0.05, 0.1) is 41.1 Å². The van der Waals surface area contributed by atoms with Crippen LogP contribution in [0.5, 0.6) is 40.2 Å². The Balaban J connectivity index is 1.66. The van der Waals surface area contributed by atoms with Crippen molar-refractivity contribution in [2.24, 2.45) is 0 Å². The number of allylic oxidation sites excluding steroid dienone is 1. The van der Waals surface area contributed by atoms with E-state index in [1.54, 1.807) is 55.5 Å². The molecule has 37 heavy (non-hydrogen) atoms. The molecule has 0 amide bonds. The molecule has 0 N–H and O–H groups in total. The maximum atomic E-state index is 13.1. The summed E-state index contributed by atoms with van der Waals surface area (Å²) in [5, 5.41) is 0. The predicted molar refractivity (Wildman–Crippen MR) is 135 cm³/mol. The Kier molecular flexibility index (Phi) is 7.24. The van der Waals surface area contributed by atoms with Gasteiger partial charge in [0, 0.05) is 5.56 Å². The SMILES string of the molecule is COc1cc(/C=C2\Oc3c(ccc(OC(=O)c4c(OC)cccc4OC)c3C)C2=O)cc(OC)c1OC. The Labute approximate surface area is 214 Å². The van der Waals surface area contributed by atoms with Gasteiger partial charge < -0.3 is 33.2 Å². The Morgan fingerprint density at radius 3 is 1.92 bits per heavy atom. The van der Waals surface area contributed by atoms with Gasteiger partial charge in [0.15, 0.2) is 17.3 Å². The number of carbonyl (C=O) groups excluding carboxylic acids is 2. The van der Waals surface area contributed by atoms with E-state index in [0.717, 1.165) is 0 Å². The van der Waals surface area contributed by atoms with Crippen LogP contribution in [-0.4, -0.2) is 47.3 Å². The molecule has 0 radical (unpaired) electrons. The highest BCUT2D eigenvalue weighted by Crippen LogP contribution is 2.42. The summed E-state index contributed by atoms with van der Waals surface area (Å²) in [4.78, 5) is 26.1. The molecule has 9 heteroatoms. The van der Waals surface area contributed by atoms with Gasteiger partial charge in [0.2, 0.25) is 11.5 Å². The first kappa shape index (κ1) is 25.4. The zero-order valence-corrected chi connectivity index (χ0v) is 21.3. The van der Waals surface area contributed by atoms with Crippen LogP contribution in [0.25, 0.3) is 6.08 Å². The van der Waals surface area contributed by atoms with E-state index in [1.165, 1.54) is 35.5 Å². The van der Waals surface area contributed by atoms with Gasteiger partial charge in [0.25, 0.3) is 0 Å². The first-order valence-electron chi connectivity index (χ1n) is 11.2. The van der Waals surface area contributed by atoms with Crippen molar-refractivity contribution >= 4 is 17.8 Å². The van der Waals surface area contributed by atoms with E-state index in [2.05, 4.69) is 0 Å². The van der Waals surface area contributed by atoms with Gasteiger partial charge in [-0.15, -0.1) is 0 Å². The van der Waals surface area contributed by atoms with Crippen molar-refractivity contribution in [1.29, 1.82) is 0 Å². The minimum atomic E-state index is -0.671. The predicted octanol–water partition coefficient (Wildman–Crippen LogP) is 4.87. The van der Waals surface area contributed by atoms with Crippen molar-refractivity contribution in [1.82, 2.24) is 0 Å². The molecule has 0 saturated carbocycles. The fourth-order valence-corrected chi connectivity index (χ4v) is 4.02. The molecule has 1 aliphatic heterocycles. The molecule has 1 aliphatic rings. The highest BCUT2D eigenvalue weighted by atomic mass is 16.5. The highest BCUT2D eigenvalue weighted by Gasteiger charge is 2.31. The second kappa shape index (κ2) is 10.5. The number of rotatable bonds is 8. The molecule has 0 bridgehead atoms. The van der Waals surface area contributed by atoms with Crippen molar-refractivity contribution in [2.75, 3.05) is 35.5 Å². The van der Waals surface area contributed by atoms with E-state index in [1.807, 2.05) is 0 Å². The molecule has 4 rings (SSSR count). The van der Waals surface area contributed by atoms with E-state index in [4.69, 9.17) is 33.2 Å².